The van der Waals surface area contributed by atoms with Gasteiger partial charge >= 0.3 is 12.2 Å². The van der Waals surface area contributed by atoms with Gasteiger partial charge in [-0.15, -0.1) is 0 Å². The lowest BCUT2D eigenvalue weighted by Crippen LogP contribution is -2.51. The number of methoxy groups -OCH3 is 1. The molecule has 2 aliphatic heterocycles. The van der Waals surface area contributed by atoms with E-state index in [9.17, 15) is 19.5 Å². The average molecular weight is 748 g/mol. The molecule has 2 aliphatic rings. The number of rotatable bonds is 8. The molecule has 0 spiro atoms. The van der Waals surface area contributed by atoms with Crippen molar-refractivity contribution >= 4 is 28.9 Å². The first-order valence-corrected chi connectivity index (χ1v) is 18.9. The number of likely N-dealkylation sites (tertiary alicyclic amines) is 2. The molecule has 2 aromatic heterocycles. The van der Waals surface area contributed by atoms with Crippen molar-refractivity contribution in [2.24, 2.45) is 5.92 Å². The standard InChI is InChI=1S/C42H49N7O6/c1-24(2)36(47-40(52)54-6)39(51)49-23-31(50)20-35(49)38-44-22-33(46-38)30-16-15-28-18-27(13-14-29(28)19-30)25-9-11-26(12-10-25)32-21-43-37(45-32)34-8-7-17-48(34)41(53)55-42(3,4)5/h9-16,18-19,21-22,24,31,34-36,50H,7-8,17,20,23H2,1-6H3,(H,43,45)(H,44,46)(H,47,52). The maximum atomic E-state index is 13.6. The van der Waals surface area contributed by atoms with E-state index in [4.69, 9.17) is 9.47 Å². The van der Waals surface area contributed by atoms with Crippen molar-refractivity contribution in [1.82, 2.24) is 35.1 Å². The minimum absolute atomic E-state index is 0.139. The van der Waals surface area contributed by atoms with Crippen LogP contribution in [0.4, 0.5) is 9.59 Å². The number of H-pyrrole nitrogens is 2. The molecule has 13 nitrogen and oxygen atoms in total. The van der Waals surface area contributed by atoms with E-state index in [2.05, 4.69) is 79.9 Å². The normalized spacial score (nSPS) is 19.2. The summed E-state index contributed by atoms with van der Waals surface area (Å²) in [7, 11) is 1.26. The van der Waals surface area contributed by atoms with Gasteiger partial charge in [0.25, 0.3) is 0 Å². The molecular weight excluding hydrogens is 699 g/mol. The van der Waals surface area contributed by atoms with Gasteiger partial charge in [-0.1, -0.05) is 62.4 Å². The summed E-state index contributed by atoms with van der Waals surface area (Å²) >= 11 is 0. The number of aromatic amines is 2. The molecule has 0 bridgehead atoms. The number of carbonyl (C=O) groups excluding carboxylic acids is 3. The van der Waals surface area contributed by atoms with Crippen molar-refractivity contribution in [1.29, 1.82) is 0 Å². The third-order valence-corrected chi connectivity index (χ3v) is 10.3. The second-order valence-electron chi connectivity index (χ2n) is 15.8. The van der Waals surface area contributed by atoms with Gasteiger partial charge in [0.2, 0.25) is 5.91 Å². The second kappa shape index (κ2) is 15.2. The SMILES string of the molecule is COC(=O)NC(C(=O)N1CC(O)CC1c1ncc(-c2ccc3cc(-c4ccc(-c5cnc(C6CCCN6C(=O)OC(C)(C)C)[nH]5)cc4)ccc3c2)[nH]1)C(C)C. The Morgan fingerprint density at radius 2 is 1.42 bits per heavy atom. The molecule has 13 heteroatoms. The molecule has 2 saturated heterocycles. The molecule has 5 aromatic rings. The number of nitrogens with one attached hydrogen (secondary N) is 3. The first-order valence-electron chi connectivity index (χ1n) is 18.9. The molecule has 0 saturated carbocycles. The molecular formula is C42H49N7O6. The van der Waals surface area contributed by atoms with Crippen LogP contribution in [0.2, 0.25) is 0 Å². The fraction of sp³-hybridized carbons (Fsp3) is 0.405. The zero-order chi connectivity index (χ0) is 39.0. The van der Waals surface area contributed by atoms with Crippen molar-refractivity contribution in [3.63, 3.8) is 0 Å². The van der Waals surface area contributed by atoms with Crippen LogP contribution in [0.3, 0.4) is 0 Å². The van der Waals surface area contributed by atoms with Crippen LogP contribution in [0.5, 0.6) is 0 Å². The minimum Gasteiger partial charge on any atom is -0.453 e. The van der Waals surface area contributed by atoms with E-state index in [0.29, 0.717) is 18.8 Å². The van der Waals surface area contributed by atoms with Gasteiger partial charge in [-0.05, 0) is 79.1 Å². The van der Waals surface area contributed by atoms with Crippen LogP contribution in [0, 0.1) is 5.92 Å². The number of aliphatic hydroxyl groups excluding tert-OH is 1. The molecule has 288 valence electrons. The summed E-state index contributed by atoms with van der Waals surface area (Å²) in [6.07, 6.45) is 3.95. The van der Waals surface area contributed by atoms with Crippen LogP contribution in [0.25, 0.3) is 44.4 Å². The van der Waals surface area contributed by atoms with Crippen molar-refractivity contribution in [2.75, 3.05) is 20.2 Å². The van der Waals surface area contributed by atoms with Gasteiger partial charge in [-0.25, -0.2) is 19.6 Å². The van der Waals surface area contributed by atoms with Gasteiger partial charge in [-0.2, -0.15) is 0 Å². The Morgan fingerprint density at radius 1 is 0.836 bits per heavy atom. The van der Waals surface area contributed by atoms with Crippen LogP contribution in [0.1, 0.15) is 77.6 Å². The monoisotopic (exact) mass is 747 g/mol. The Hall–Kier alpha value is -5.69. The van der Waals surface area contributed by atoms with E-state index in [-0.39, 0.29) is 30.5 Å². The fourth-order valence-electron chi connectivity index (χ4n) is 7.53. The Kier molecular flexibility index (Phi) is 10.4. The number of fused-ring (bicyclic) bond motifs is 1. The van der Waals surface area contributed by atoms with Crippen LogP contribution < -0.4 is 5.32 Å². The van der Waals surface area contributed by atoms with E-state index in [1.165, 1.54) is 7.11 Å². The lowest BCUT2D eigenvalue weighted by atomic mass is 9.98. The highest BCUT2D eigenvalue weighted by Gasteiger charge is 2.41. The topological polar surface area (TPSA) is 166 Å². The highest BCUT2D eigenvalue weighted by atomic mass is 16.6. The van der Waals surface area contributed by atoms with Crippen molar-refractivity contribution in [3.05, 3.63) is 84.7 Å². The number of aliphatic hydroxyl groups is 1. The highest BCUT2D eigenvalue weighted by molar-refractivity contribution is 5.91. The number of hydrogen-bond donors (Lipinski definition) is 4. The van der Waals surface area contributed by atoms with E-state index in [1.807, 2.05) is 46.9 Å². The molecule has 4 N–H and O–H groups in total. The predicted octanol–water partition coefficient (Wildman–Crippen LogP) is 7.37. The third-order valence-electron chi connectivity index (χ3n) is 10.3. The number of β-amino-alcohol motifs (C(OH)–C–C–N with tert-alkyl or cyclic N) is 1. The minimum atomic E-state index is -0.802. The van der Waals surface area contributed by atoms with Crippen molar-refractivity contribution in [3.8, 4) is 33.6 Å². The first-order chi connectivity index (χ1) is 26.3. The summed E-state index contributed by atoms with van der Waals surface area (Å²) in [5.74, 6) is 0.862. The quantitative estimate of drug-likeness (QED) is 0.128. The number of benzene rings is 3. The summed E-state index contributed by atoms with van der Waals surface area (Å²) in [5.41, 5.74) is 5.25. The Bertz CT molecular complexity index is 2190. The smallest absolute Gasteiger partial charge is 0.410 e. The Labute approximate surface area is 320 Å². The van der Waals surface area contributed by atoms with Gasteiger partial charge < -0.3 is 34.8 Å². The zero-order valence-corrected chi connectivity index (χ0v) is 32.1. The second-order valence-corrected chi connectivity index (χ2v) is 15.8. The van der Waals surface area contributed by atoms with Gasteiger partial charge in [-0.3, -0.25) is 9.69 Å². The van der Waals surface area contributed by atoms with Gasteiger partial charge in [0.1, 0.15) is 23.3 Å². The summed E-state index contributed by atoms with van der Waals surface area (Å²) in [5, 5.41) is 15.4. The molecule has 4 heterocycles. The van der Waals surface area contributed by atoms with Crippen LogP contribution >= 0.6 is 0 Å². The number of aromatic nitrogens is 4. The number of hydrogen-bond acceptors (Lipinski definition) is 8. The van der Waals surface area contributed by atoms with Crippen LogP contribution in [-0.4, -0.2) is 90.9 Å². The maximum Gasteiger partial charge on any atom is 0.410 e. The summed E-state index contributed by atoms with van der Waals surface area (Å²) < 4.78 is 10.4. The lowest BCUT2D eigenvalue weighted by molar-refractivity contribution is -0.135. The van der Waals surface area contributed by atoms with E-state index in [1.54, 1.807) is 16.0 Å². The maximum absolute atomic E-state index is 13.6. The number of ether oxygens (including phenoxy) is 2. The van der Waals surface area contributed by atoms with E-state index < -0.39 is 29.9 Å². The fourth-order valence-corrected chi connectivity index (χ4v) is 7.53. The van der Waals surface area contributed by atoms with Crippen molar-refractivity contribution in [2.45, 2.75) is 83.7 Å². The summed E-state index contributed by atoms with van der Waals surface area (Å²) in [4.78, 5) is 57.9. The Morgan fingerprint density at radius 3 is 2.05 bits per heavy atom. The van der Waals surface area contributed by atoms with E-state index in [0.717, 1.165) is 63.1 Å². The molecule has 0 radical (unpaired) electrons. The molecule has 4 unspecified atom stereocenters. The summed E-state index contributed by atoms with van der Waals surface area (Å²) in [6.45, 7) is 10.1. The van der Waals surface area contributed by atoms with Crippen LogP contribution in [0.15, 0.2) is 73.1 Å². The first kappa shape index (κ1) is 37.6. The molecule has 3 aromatic carbocycles. The lowest BCUT2D eigenvalue weighted by Gasteiger charge is -2.29. The van der Waals surface area contributed by atoms with Crippen LogP contribution in [-0.2, 0) is 14.3 Å². The number of nitrogens with zero attached hydrogens (tertiary/aromatic N) is 4. The molecule has 3 amide bonds. The largest absolute Gasteiger partial charge is 0.453 e. The van der Waals surface area contributed by atoms with Crippen molar-refractivity contribution < 1.29 is 29.0 Å². The highest BCUT2D eigenvalue weighted by Crippen LogP contribution is 2.36. The summed E-state index contributed by atoms with van der Waals surface area (Å²) in [6, 6.07) is 19.5. The van der Waals surface area contributed by atoms with Gasteiger partial charge in [0.15, 0.2) is 0 Å². The average Bonchev–Trinajstić information content (AvgIpc) is 3.99. The molecule has 2 fully saturated rings. The van der Waals surface area contributed by atoms with E-state index >= 15 is 0 Å². The van der Waals surface area contributed by atoms with Gasteiger partial charge in [0, 0.05) is 25.1 Å². The molecule has 4 atom stereocenters. The molecule has 0 aliphatic carbocycles. The molecule has 7 rings (SSSR count). The van der Waals surface area contributed by atoms with Gasteiger partial charge in [0.05, 0.1) is 49.1 Å². The molecule has 55 heavy (non-hydrogen) atoms. The Balaban J connectivity index is 1.04. The number of amides is 3. The number of alkyl carbamates (subject to hydrolysis) is 1. The predicted molar refractivity (Wildman–Crippen MR) is 209 cm³/mol. The number of carbonyl (C=O) groups is 3. The third kappa shape index (κ3) is 8.07. The number of imidazole rings is 2. The zero-order valence-electron chi connectivity index (χ0n) is 32.1.